The van der Waals surface area contributed by atoms with Crippen molar-refractivity contribution in [3.05, 3.63) is 52.9 Å². The molecule has 28 heavy (non-hydrogen) atoms. The Hall–Kier alpha value is -2.18. The van der Waals surface area contributed by atoms with Crippen LogP contribution in [0.3, 0.4) is 0 Å². The average molecular weight is 400 g/mol. The number of piperidine rings is 1. The molecule has 1 N–H and O–H groups in total. The maximum Gasteiger partial charge on any atom is 0.226 e. The number of nitrogens with one attached hydrogen (secondary N) is 1. The number of benzene rings is 1. The summed E-state index contributed by atoms with van der Waals surface area (Å²) in [5.74, 6) is 1.03. The number of anilines is 1. The Morgan fingerprint density at radius 3 is 2.93 bits per heavy atom. The van der Waals surface area contributed by atoms with Crippen molar-refractivity contribution >= 4 is 23.3 Å². The van der Waals surface area contributed by atoms with Crippen molar-refractivity contribution in [3.8, 4) is 0 Å². The lowest BCUT2D eigenvalue weighted by molar-refractivity contribution is -0.126. The predicted octanol–water partition coefficient (Wildman–Crippen LogP) is 2.37. The smallest absolute Gasteiger partial charge is 0.226 e. The fourth-order valence-electron chi connectivity index (χ4n) is 3.92. The number of nitrogens with zero attached hydrogens (tertiary/aromatic N) is 4. The number of carbonyl (C=O) groups is 1. The van der Waals surface area contributed by atoms with E-state index in [9.17, 15) is 4.79 Å². The Kier molecular flexibility index (Phi) is 5.78. The summed E-state index contributed by atoms with van der Waals surface area (Å²) in [6.45, 7) is 3.46. The van der Waals surface area contributed by atoms with Crippen LogP contribution in [-0.2, 0) is 11.2 Å². The van der Waals surface area contributed by atoms with E-state index in [-0.39, 0.29) is 17.9 Å². The van der Waals surface area contributed by atoms with Gasteiger partial charge in [-0.1, -0.05) is 23.7 Å². The number of carbonyl (C=O) groups excluding carboxylic acids is 1. The van der Waals surface area contributed by atoms with Gasteiger partial charge in [-0.05, 0) is 44.1 Å². The van der Waals surface area contributed by atoms with Crippen molar-refractivity contribution < 1.29 is 4.79 Å². The highest BCUT2D eigenvalue weighted by Gasteiger charge is 2.35. The number of hydrogen-bond donors (Lipinski definition) is 1. The minimum atomic E-state index is 0.0330. The summed E-state index contributed by atoms with van der Waals surface area (Å²) in [6.07, 6.45) is 6.46. The number of likely N-dealkylation sites (tertiary alicyclic amines) is 1. The maximum absolute atomic E-state index is 12.5. The number of hydrogen-bond acceptors (Lipinski definition) is 5. The van der Waals surface area contributed by atoms with Gasteiger partial charge < -0.3 is 15.1 Å². The molecule has 1 amide bonds. The van der Waals surface area contributed by atoms with Gasteiger partial charge in [-0.3, -0.25) is 9.78 Å². The maximum atomic E-state index is 12.5. The van der Waals surface area contributed by atoms with Crippen LogP contribution in [0.25, 0.3) is 0 Å². The number of likely N-dealkylation sites (N-methyl/N-ethyl adjacent to an activating group) is 1. The second-order valence-corrected chi connectivity index (χ2v) is 8.32. The van der Waals surface area contributed by atoms with Crippen molar-refractivity contribution in [2.75, 3.05) is 38.1 Å². The molecule has 4 rings (SSSR count). The Bertz CT molecular complexity index is 839. The van der Waals surface area contributed by atoms with E-state index < -0.39 is 0 Å². The van der Waals surface area contributed by atoms with Gasteiger partial charge in [0.2, 0.25) is 5.91 Å². The Balaban J connectivity index is 1.31. The third kappa shape index (κ3) is 4.62. The zero-order valence-electron chi connectivity index (χ0n) is 16.1. The summed E-state index contributed by atoms with van der Waals surface area (Å²) >= 11 is 6.06. The van der Waals surface area contributed by atoms with Gasteiger partial charge in [0.05, 0.1) is 17.8 Å². The summed E-state index contributed by atoms with van der Waals surface area (Å²) in [7, 11) is 2.11. The molecular weight excluding hydrogens is 374 g/mol. The van der Waals surface area contributed by atoms with Crippen LogP contribution in [0.2, 0.25) is 5.02 Å². The minimum Gasteiger partial charge on any atom is -0.354 e. The number of halogens is 1. The molecule has 7 heteroatoms. The van der Waals surface area contributed by atoms with Crippen molar-refractivity contribution in [2.24, 2.45) is 5.92 Å². The summed E-state index contributed by atoms with van der Waals surface area (Å²) < 4.78 is 0. The topological polar surface area (TPSA) is 61.4 Å². The van der Waals surface area contributed by atoms with Crippen molar-refractivity contribution in [2.45, 2.75) is 25.3 Å². The van der Waals surface area contributed by atoms with E-state index >= 15 is 0 Å². The summed E-state index contributed by atoms with van der Waals surface area (Å²) in [5.41, 5.74) is 2.01. The second kappa shape index (κ2) is 8.45. The molecule has 6 nitrogen and oxygen atoms in total. The molecule has 2 aliphatic heterocycles. The summed E-state index contributed by atoms with van der Waals surface area (Å²) in [4.78, 5) is 26.0. The molecule has 3 heterocycles. The normalized spacial score (nSPS) is 20.6. The van der Waals surface area contributed by atoms with Crippen LogP contribution < -0.4 is 10.2 Å². The number of rotatable bonds is 5. The first-order chi connectivity index (χ1) is 13.6. The first-order valence-electron chi connectivity index (χ1n) is 9.86. The Morgan fingerprint density at radius 1 is 1.29 bits per heavy atom. The van der Waals surface area contributed by atoms with Crippen LogP contribution in [0.15, 0.2) is 36.7 Å². The standard InChI is InChI=1S/C21H26ClN5O/c1-26-7-3-6-18(14-26)25-21(28)16-12-27(13-16)20-11-23-10-19(24-20)9-15-4-2-5-17(22)8-15/h2,4-5,8,10-11,16,18H,3,6-7,9,12-14H2,1H3,(H,25,28). The van der Waals surface area contributed by atoms with Crippen molar-refractivity contribution in [1.29, 1.82) is 0 Å². The average Bonchev–Trinajstić information content (AvgIpc) is 2.61. The number of amides is 1. The van der Waals surface area contributed by atoms with Gasteiger partial charge in [-0.25, -0.2) is 4.98 Å². The lowest BCUT2D eigenvalue weighted by atomic mass is 9.97. The molecule has 1 aromatic carbocycles. The zero-order valence-corrected chi connectivity index (χ0v) is 16.9. The third-order valence-corrected chi connectivity index (χ3v) is 5.73. The first kappa shape index (κ1) is 19.2. The van der Waals surface area contributed by atoms with E-state index in [4.69, 9.17) is 16.6 Å². The first-order valence-corrected chi connectivity index (χ1v) is 10.2. The third-order valence-electron chi connectivity index (χ3n) is 5.49. The van der Waals surface area contributed by atoms with Gasteiger partial charge in [0.15, 0.2) is 0 Å². The highest BCUT2D eigenvalue weighted by atomic mass is 35.5. The van der Waals surface area contributed by atoms with Crippen LogP contribution in [0.5, 0.6) is 0 Å². The molecule has 2 aromatic rings. The molecule has 0 spiro atoms. The summed E-state index contributed by atoms with van der Waals surface area (Å²) in [6, 6.07) is 8.07. The lowest BCUT2D eigenvalue weighted by Gasteiger charge is -2.40. The fourth-order valence-corrected chi connectivity index (χ4v) is 4.14. The van der Waals surface area contributed by atoms with Gasteiger partial charge >= 0.3 is 0 Å². The molecule has 1 atom stereocenters. The zero-order chi connectivity index (χ0) is 19.5. The van der Waals surface area contributed by atoms with E-state index in [1.807, 2.05) is 24.3 Å². The van der Waals surface area contributed by atoms with Crippen LogP contribution in [0.1, 0.15) is 24.1 Å². The Labute approximate surface area is 170 Å². The van der Waals surface area contributed by atoms with Crippen LogP contribution in [-0.4, -0.2) is 60.0 Å². The molecule has 0 aliphatic carbocycles. The largest absolute Gasteiger partial charge is 0.354 e. The quantitative estimate of drug-likeness (QED) is 0.836. The van der Waals surface area contributed by atoms with Gasteiger partial charge in [-0.2, -0.15) is 0 Å². The molecule has 0 bridgehead atoms. The van der Waals surface area contributed by atoms with Crippen molar-refractivity contribution in [1.82, 2.24) is 20.2 Å². The van der Waals surface area contributed by atoms with Gasteiger partial charge in [-0.15, -0.1) is 0 Å². The highest BCUT2D eigenvalue weighted by Crippen LogP contribution is 2.24. The van der Waals surface area contributed by atoms with E-state index in [0.29, 0.717) is 19.5 Å². The van der Waals surface area contributed by atoms with E-state index in [0.717, 1.165) is 48.0 Å². The molecule has 148 valence electrons. The number of aromatic nitrogens is 2. The molecule has 0 radical (unpaired) electrons. The molecule has 1 aromatic heterocycles. The summed E-state index contributed by atoms with van der Waals surface area (Å²) in [5, 5.41) is 3.94. The predicted molar refractivity (Wildman–Crippen MR) is 111 cm³/mol. The molecule has 2 saturated heterocycles. The molecule has 0 saturated carbocycles. The van der Waals surface area contributed by atoms with Crippen LogP contribution in [0, 0.1) is 5.92 Å². The monoisotopic (exact) mass is 399 g/mol. The van der Waals surface area contributed by atoms with E-state index in [1.165, 1.54) is 0 Å². The van der Waals surface area contributed by atoms with Crippen molar-refractivity contribution in [3.63, 3.8) is 0 Å². The Morgan fingerprint density at radius 2 is 2.14 bits per heavy atom. The molecule has 2 aliphatic rings. The SMILES string of the molecule is CN1CCCC(NC(=O)C2CN(c3cncc(Cc4cccc(Cl)c4)n3)C2)C1. The fraction of sp³-hybridized carbons (Fsp3) is 0.476. The van der Waals surface area contributed by atoms with Gasteiger partial charge in [0.1, 0.15) is 5.82 Å². The van der Waals surface area contributed by atoms with Crippen LogP contribution >= 0.6 is 11.6 Å². The highest BCUT2D eigenvalue weighted by molar-refractivity contribution is 6.30. The molecule has 2 fully saturated rings. The van der Waals surface area contributed by atoms with E-state index in [1.54, 1.807) is 12.4 Å². The lowest BCUT2D eigenvalue weighted by Crippen LogP contribution is -2.57. The van der Waals surface area contributed by atoms with Crippen LogP contribution in [0.4, 0.5) is 5.82 Å². The minimum absolute atomic E-state index is 0.0330. The van der Waals surface area contributed by atoms with Gasteiger partial charge in [0.25, 0.3) is 0 Å². The molecular formula is C21H26ClN5O. The second-order valence-electron chi connectivity index (χ2n) is 7.89. The van der Waals surface area contributed by atoms with E-state index in [2.05, 4.69) is 27.1 Å². The molecule has 1 unspecified atom stereocenters. The van der Waals surface area contributed by atoms with Gasteiger partial charge in [0, 0.05) is 43.3 Å².